The molecule has 1 aromatic carbocycles. The molecule has 6 nitrogen and oxygen atoms in total. The van der Waals surface area contributed by atoms with E-state index >= 15 is 0 Å². The number of carbonyl (C=O) groups is 2. The van der Waals surface area contributed by atoms with Crippen molar-refractivity contribution in [3.05, 3.63) is 80.8 Å². The highest BCUT2D eigenvalue weighted by atomic mass is 35.5. The monoisotopic (exact) mass is 562 g/mol. The second-order valence-electron chi connectivity index (χ2n) is 12.0. The summed E-state index contributed by atoms with van der Waals surface area (Å²) in [6.45, 7) is 8.12. The Hall–Kier alpha value is -2.90. The molecule has 0 bridgehead atoms. The fourth-order valence-electron chi connectivity index (χ4n) is 6.79. The third kappa shape index (κ3) is 5.19. The molecule has 3 aliphatic rings. The van der Waals surface area contributed by atoms with Crippen LogP contribution in [0.3, 0.4) is 0 Å². The van der Waals surface area contributed by atoms with Crippen molar-refractivity contribution in [2.75, 3.05) is 31.1 Å². The molecule has 6 rings (SSSR count). The average Bonchev–Trinajstić information content (AvgIpc) is 3.49. The number of fused-ring (bicyclic) bond motifs is 1. The van der Waals surface area contributed by atoms with Gasteiger partial charge in [-0.2, -0.15) is 0 Å². The van der Waals surface area contributed by atoms with E-state index in [1.165, 1.54) is 35.4 Å². The molecule has 1 unspecified atom stereocenters. The number of halogens is 1. The molecule has 3 aromatic rings. The largest absolute Gasteiger partial charge is 0.371 e. The Labute approximate surface area is 239 Å². The molecular formula is C31H35ClN4O2S. The van der Waals surface area contributed by atoms with Gasteiger partial charge in [-0.3, -0.25) is 14.6 Å². The van der Waals surface area contributed by atoms with Gasteiger partial charge in [0.1, 0.15) is 0 Å². The number of thiophene rings is 1. The predicted octanol–water partition coefficient (Wildman–Crippen LogP) is 6.47. The first-order valence-electron chi connectivity index (χ1n) is 13.9. The molecule has 2 amide bonds. The van der Waals surface area contributed by atoms with Crippen molar-refractivity contribution in [2.24, 2.45) is 5.41 Å². The average molecular weight is 563 g/mol. The number of pyridine rings is 1. The van der Waals surface area contributed by atoms with Crippen LogP contribution in [0.2, 0.25) is 4.34 Å². The normalized spacial score (nSPS) is 21.6. The summed E-state index contributed by atoms with van der Waals surface area (Å²) in [7, 11) is 0. The van der Waals surface area contributed by atoms with Crippen molar-refractivity contribution in [3.8, 4) is 0 Å². The Morgan fingerprint density at radius 3 is 2.33 bits per heavy atom. The number of rotatable bonds is 4. The lowest BCUT2D eigenvalue weighted by molar-refractivity contribution is 0.0515. The van der Waals surface area contributed by atoms with Crippen LogP contribution in [-0.4, -0.2) is 47.9 Å². The lowest BCUT2D eigenvalue weighted by Crippen LogP contribution is -2.48. The fourth-order valence-corrected chi connectivity index (χ4v) is 7.73. The number of nitrogens with one attached hydrogen (secondary N) is 1. The molecule has 1 atom stereocenters. The highest BCUT2D eigenvalue weighted by Crippen LogP contribution is 2.46. The number of piperidine rings is 2. The Bertz CT molecular complexity index is 1370. The van der Waals surface area contributed by atoms with Crippen LogP contribution >= 0.6 is 22.9 Å². The first kappa shape index (κ1) is 26.3. The summed E-state index contributed by atoms with van der Waals surface area (Å²) in [6, 6.07) is 13.6. The number of nitrogens with zero attached hydrogens (tertiary/aromatic N) is 3. The van der Waals surface area contributed by atoms with Crippen LogP contribution in [0.15, 0.2) is 54.9 Å². The van der Waals surface area contributed by atoms with E-state index in [4.69, 9.17) is 11.6 Å². The van der Waals surface area contributed by atoms with Crippen LogP contribution in [-0.2, 0) is 5.41 Å². The van der Waals surface area contributed by atoms with Crippen molar-refractivity contribution in [3.63, 3.8) is 0 Å². The lowest BCUT2D eigenvalue weighted by Gasteiger charge is -2.47. The van der Waals surface area contributed by atoms with Crippen LogP contribution in [0, 0.1) is 5.41 Å². The highest BCUT2D eigenvalue weighted by molar-refractivity contribution is 7.18. The van der Waals surface area contributed by atoms with Gasteiger partial charge in [0.05, 0.1) is 15.3 Å². The Morgan fingerprint density at radius 2 is 1.67 bits per heavy atom. The van der Waals surface area contributed by atoms with Crippen LogP contribution < -0.4 is 10.2 Å². The van der Waals surface area contributed by atoms with E-state index < -0.39 is 0 Å². The molecule has 1 N–H and O–H groups in total. The van der Waals surface area contributed by atoms with Crippen molar-refractivity contribution in [1.29, 1.82) is 0 Å². The van der Waals surface area contributed by atoms with Crippen molar-refractivity contribution >= 4 is 40.4 Å². The predicted molar refractivity (Wildman–Crippen MR) is 157 cm³/mol. The third-order valence-corrected chi connectivity index (χ3v) is 10.4. The molecule has 1 aliphatic carbocycles. The molecule has 2 aromatic heterocycles. The van der Waals surface area contributed by atoms with Gasteiger partial charge in [0.15, 0.2) is 0 Å². The van der Waals surface area contributed by atoms with E-state index in [9.17, 15) is 9.59 Å². The molecule has 0 saturated carbocycles. The maximum Gasteiger partial charge on any atom is 0.261 e. The number of likely N-dealkylation sites (tertiary alicyclic amines) is 1. The number of carbonyl (C=O) groups excluding carboxylic acids is 2. The maximum atomic E-state index is 13.6. The van der Waals surface area contributed by atoms with E-state index in [1.807, 2.05) is 29.4 Å². The van der Waals surface area contributed by atoms with E-state index in [2.05, 4.69) is 47.2 Å². The van der Waals surface area contributed by atoms with Crippen LogP contribution in [0.4, 0.5) is 5.69 Å². The number of amides is 2. The zero-order valence-electron chi connectivity index (χ0n) is 22.6. The lowest BCUT2D eigenvalue weighted by atomic mass is 9.71. The Morgan fingerprint density at radius 1 is 0.974 bits per heavy atom. The third-order valence-electron chi connectivity index (χ3n) is 9.18. The summed E-state index contributed by atoms with van der Waals surface area (Å²) < 4.78 is 0.600. The summed E-state index contributed by atoms with van der Waals surface area (Å²) in [5, 5.41) is 3.20. The van der Waals surface area contributed by atoms with Gasteiger partial charge in [0.2, 0.25) is 0 Å². The van der Waals surface area contributed by atoms with Crippen molar-refractivity contribution in [1.82, 2.24) is 15.2 Å². The van der Waals surface area contributed by atoms with Gasteiger partial charge in [-0.05, 0) is 90.5 Å². The van der Waals surface area contributed by atoms with Gasteiger partial charge in [-0.15, -0.1) is 11.3 Å². The summed E-state index contributed by atoms with van der Waals surface area (Å²) in [5.41, 5.74) is 4.48. The molecule has 204 valence electrons. The number of hydrogen-bond donors (Lipinski definition) is 1. The van der Waals surface area contributed by atoms with Gasteiger partial charge in [0, 0.05) is 49.8 Å². The first-order valence-corrected chi connectivity index (χ1v) is 15.1. The summed E-state index contributed by atoms with van der Waals surface area (Å²) in [4.78, 5) is 35.8. The van der Waals surface area contributed by atoms with Crippen LogP contribution in [0.1, 0.15) is 83.1 Å². The SMILES string of the molecule is CC1(C)CC(NC(=O)c2ccc(Cl)s2)c2cc(C(=O)N3CCC4(CC3)CCN(c3ccncc3)CC4)ccc21. The standard InChI is InChI=1S/C31H35ClN4O2S/c1-30(2)20-25(34-28(37)26-5-6-27(32)39-26)23-19-21(3-4-24(23)30)29(38)36-17-11-31(12-18-36)9-15-35(16-10-31)22-7-13-33-14-8-22/h3-8,13-14,19,25H,9-12,15-18,20H2,1-2H3,(H,34,37). The molecule has 2 saturated heterocycles. The maximum absolute atomic E-state index is 13.6. The summed E-state index contributed by atoms with van der Waals surface area (Å²) in [5.74, 6) is -0.0183. The zero-order chi connectivity index (χ0) is 27.2. The number of hydrogen-bond acceptors (Lipinski definition) is 5. The molecule has 39 heavy (non-hydrogen) atoms. The second kappa shape index (κ2) is 10.3. The minimum atomic E-state index is -0.133. The minimum absolute atomic E-state index is 0.0788. The van der Waals surface area contributed by atoms with Crippen molar-refractivity contribution < 1.29 is 9.59 Å². The van der Waals surface area contributed by atoms with Crippen LogP contribution in [0.25, 0.3) is 0 Å². The van der Waals surface area contributed by atoms with Gasteiger partial charge in [0.25, 0.3) is 11.8 Å². The summed E-state index contributed by atoms with van der Waals surface area (Å²) >= 11 is 7.33. The number of benzene rings is 1. The summed E-state index contributed by atoms with van der Waals surface area (Å²) in [6.07, 6.45) is 8.98. The smallest absolute Gasteiger partial charge is 0.261 e. The fraction of sp³-hybridized carbons (Fsp3) is 0.452. The van der Waals surface area contributed by atoms with Crippen LogP contribution in [0.5, 0.6) is 0 Å². The molecule has 0 radical (unpaired) electrons. The topological polar surface area (TPSA) is 65.5 Å². The molecule has 8 heteroatoms. The Kier molecular flexibility index (Phi) is 6.92. The second-order valence-corrected chi connectivity index (χ2v) is 13.7. The molecule has 1 spiro atoms. The first-order chi connectivity index (χ1) is 18.7. The molecule has 2 fully saturated rings. The molecular weight excluding hydrogens is 528 g/mol. The van der Waals surface area contributed by atoms with Gasteiger partial charge in [-0.1, -0.05) is 31.5 Å². The Balaban J connectivity index is 1.11. The zero-order valence-corrected chi connectivity index (χ0v) is 24.2. The molecule has 2 aliphatic heterocycles. The van der Waals surface area contributed by atoms with E-state index in [-0.39, 0.29) is 23.3 Å². The highest BCUT2D eigenvalue weighted by Gasteiger charge is 2.40. The van der Waals surface area contributed by atoms with Gasteiger partial charge in [-0.25, -0.2) is 0 Å². The number of aromatic nitrogens is 1. The van der Waals surface area contributed by atoms with Crippen molar-refractivity contribution in [2.45, 2.75) is 57.4 Å². The quantitative estimate of drug-likeness (QED) is 0.396. The van der Waals surface area contributed by atoms with E-state index in [1.54, 1.807) is 12.1 Å². The van der Waals surface area contributed by atoms with Gasteiger partial charge >= 0.3 is 0 Å². The minimum Gasteiger partial charge on any atom is -0.371 e. The van der Waals surface area contributed by atoms with E-state index in [0.717, 1.165) is 51.0 Å². The van der Waals surface area contributed by atoms with Gasteiger partial charge < -0.3 is 15.1 Å². The van der Waals surface area contributed by atoms with E-state index in [0.29, 0.717) is 20.2 Å². The molecule has 4 heterocycles. The number of anilines is 1.